The van der Waals surface area contributed by atoms with Gasteiger partial charge >= 0.3 is 0 Å². The monoisotopic (exact) mass is 212 g/mol. The first-order valence-electron chi connectivity index (χ1n) is 5.52. The first kappa shape index (κ1) is 11.8. The molecule has 0 aromatic rings. The molecular weight excluding hydrogens is 192 g/mol. The Kier molecular flexibility index (Phi) is 4.39. The lowest BCUT2D eigenvalue weighted by Crippen LogP contribution is -2.50. The molecule has 86 valence electrons. The zero-order valence-electron chi connectivity index (χ0n) is 9.25. The predicted octanol–water partition coefficient (Wildman–Crippen LogP) is 0.261. The number of likely N-dealkylation sites (tertiary alicyclic amines) is 1. The number of rotatable bonds is 3. The fourth-order valence-corrected chi connectivity index (χ4v) is 1.97. The maximum atomic E-state index is 11.6. The molecule has 1 aliphatic heterocycles. The summed E-state index contributed by atoms with van der Waals surface area (Å²) in [5.74, 6) is 0.175. The van der Waals surface area contributed by atoms with Crippen LogP contribution < -0.4 is 11.1 Å². The Bertz CT molecular complexity index is 242. The van der Waals surface area contributed by atoms with Crippen LogP contribution in [0.3, 0.4) is 0 Å². The fraction of sp³-hybridized carbons (Fsp3) is 0.800. The number of carbonyl (C=O) groups excluding carboxylic acids is 1. The second kappa shape index (κ2) is 5.58. The van der Waals surface area contributed by atoms with E-state index in [0.717, 1.165) is 25.8 Å². The van der Waals surface area contributed by atoms with Gasteiger partial charge in [0.2, 0.25) is 5.91 Å². The summed E-state index contributed by atoms with van der Waals surface area (Å²) >= 11 is 0. The lowest BCUT2D eigenvalue weighted by atomic mass is 10.0. The van der Waals surface area contributed by atoms with Crippen LogP contribution in [-0.4, -0.2) is 35.9 Å². The normalized spacial score (nSPS) is 21.1. The molecule has 1 saturated heterocycles. The molecule has 1 amide bonds. The number of guanidine groups is 1. The van der Waals surface area contributed by atoms with Gasteiger partial charge in [0.25, 0.3) is 0 Å². The van der Waals surface area contributed by atoms with E-state index in [1.54, 1.807) is 0 Å². The largest absolute Gasteiger partial charge is 0.370 e. The van der Waals surface area contributed by atoms with Crippen molar-refractivity contribution in [1.29, 1.82) is 5.41 Å². The third-order valence-corrected chi connectivity index (χ3v) is 2.78. The van der Waals surface area contributed by atoms with E-state index in [1.807, 2.05) is 11.8 Å². The van der Waals surface area contributed by atoms with Gasteiger partial charge in [0.1, 0.15) is 0 Å². The van der Waals surface area contributed by atoms with Crippen LogP contribution in [0.15, 0.2) is 0 Å². The molecule has 0 radical (unpaired) electrons. The third-order valence-electron chi connectivity index (χ3n) is 2.78. The van der Waals surface area contributed by atoms with E-state index in [4.69, 9.17) is 11.1 Å². The van der Waals surface area contributed by atoms with Gasteiger partial charge in [0, 0.05) is 25.6 Å². The predicted molar refractivity (Wildman–Crippen MR) is 59.6 cm³/mol. The molecular formula is C10H20N4O. The minimum absolute atomic E-state index is 0.0236. The van der Waals surface area contributed by atoms with E-state index in [0.29, 0.717) is 13.0 Å². The number of amides is 1. The van der Waals surface area contributed by atoms with Gasteiger partial charge in [-0.1, -0.05) is 6.92 Å². The Balaban J connectivity index is 2.49. The van der Waals surface area contributed by atoms with Crippen molar-refractivity contribution < 1.29 is 4.79 Å². The van der Waals surface area contributed by atoms with Crippen molar-refractivity contribution in [2.75, 3.05) is 13.1 Å². The molecule has 0 aromatic heterocycles. The SMILES string of the molecule is CCC(=O)N1CCCCC1CNC(=N)N. The lowest BCUT2D eigenvalue weighted by molar-refractivity contribution is -0.134. The van der Waals surface area contributed by atoms with Crippen LogP contribution in [0, 0.1) is 5.41 Å². The smallest absolute Gasteiger partial charge is 0.222 e. The minimum Gasteiger partial charge on any atom is -0.370 e. The molecule has 15 heavy (non-hydrogen) atoms. The molecule has 5 nitrogen and oxygen atoms in total. The maximum absolute atomic E-state index is 11.6. The standard InChI is InChI=1S/C10H20N4O/c1-2-9(15)14-6-4-3-5-8(14)7-13-10(11)12/h8H,2-7H2,1H3,(H4,11,12,13). The number of piperidine rings is 1. The van der Waals surface area contributed by atoms with E-state index in [2.05, 4.69) is 5.32 Å². The fourth-order valence-electron chi connectivity index (χ4n) is 1.97. The van der Waals surface area contributed by atoms with Crippen LogP contribution in [0.25, 0.3) is 0 Å². The van der Waals surface area contributed by atoms with Crippen molar-refractivity contribution in [3.05, 3.63) is 0 Å². The van der Waals surface area contributed by atoms with E-state index in [1.165, 1.54) is 0 Å². The van der Waals surface area contributed by atoms with Gasteiger partial charge in [0.15, 0.2) is 5.96 Å². The minimum atomic E-state index is -0.0236. The van der Waals surface area contributed by atoms with Gasteiger partial charge in [0.05, 0.1) is 0 Å². The lowest BCUT2D eigenvalue weighted by Gasteiger charge is -2.35. The molecule has 1 atom stereocenters. The molecule has 0 saturated carbocycles. The summed E-state index contributed by atoms with van der Waals surface area (Å²) in [5, 5.41) is 9.89. The molecule has 0 aliphatic carbocycles. The summed E-state index contributed by atoms with van der Waals surface area (Å²) in [6.07, 6.45) is 3.79. The number of hydrogen-bond donors (Lipinski definition) is 3. The molecule has 4 N–H and O–H groups in total. The van der Waals surface area contributed by atoms with E-state index < -0.39 is 0 Å². The Labute approximate surface area is 90.5 Å². The summed E-state index contributed by atoms with van der Waals surface area (Å²) < 4.78 is 0. The molecule has 1 fully saturated rings. The molecule has 1 heterocycles. The van der Waals surface area contributed by atoms with Crippen LogP contribution in [0.4, 0.5) is 0 Å². The van der Waals surface area contributed by atoms with Crippen LogP contribution in [0.2, 0.25) is 0 Å². The summed E-state index contributed by atoms with van der Waals surface area (Å²) in [5.41, 5.74) is 5.23. The number of carbonyl (C=O) groups is 1. The average Bonchev–Trinajstić information content (AvgIpc) is 2.25. The molecule has 1 unspecified atom stereocenters. The van der Waals surface area contributed by atoms with Gasteiger partial charge in [-0.05, 0) is 19.3 Å². The van der Waals surface area contributed by atoms with Crippen molar-refractivity contribution in [2.24, 2.45) is 5.73 Å². The Hall–Kier alpha value is -1.26. The van der Waals surface area contributed by atoms with Crippen molar-refractivity contribution in [3.63, 3.8) is 0 Å². The average molecular weight is 212 g/mol. The van der Waals surface area contributed by atoms with Gasteiger partial charge in [-0.3, -0.25) is 10.2 Å². The van der Waals surface area contributed by atoms with Crippen molar-refractivity contribution in [1.82, 2.24) is 10.2 Å². The highest BCUT2D eigenvalue weighted by Crippen LogP contribution is 2.17. The van der Waals surface area contributed by atoms with Crippen LogP contribution in [-0.2, 0) is 4.79 Å². The summed E-state index contributed by atoms with van der Waals surface area (Å²) in [6.45, 7) is 3.32. The number of nitrogens with one attached hydrogen (secondary N) is 2. The van der Waals surface area contributed by atoms with Gasteiger partial charge in [-0.2, -0.15) is 0 Å². The highest BCUT2D eigenvalue weighted by atomic mass is 16.2. The molecule has 0 spiro atoms. The van der Waals surface area contributed by atoms with Gasteiger partial charge < -0.3 is 16.0 Å². The number of nitrogens with zero attached hydrogens (tertiary/aromatic N) is 1. The van der Waals surface area contributed by atoms with Gasteiger partial charge in [-0.15, -0.1) is 0 Å². The third kappa shape index (κ3) is 3.42. The second-order valence-corrected chi connectivity index (χ2v) is 3.88. The summed E-state index contributed by atoms with van der Waals surface area (Å²) in [4.78, 5) is 13.6. The zero-order chi connectivity index (χ0) is 11.3. The molecule has 0 aromatic carbocycles. The van der Waals surface area contributed by atoms with Crippen LogP contribution >= 0.6 is 0 Å². The van der Waals surface area contributed by atoms with Crippen LogP contribution in [0.5, 0.6) is 0 Å². The highest BCUT2D eigenvalue weighted by Gasteiger charge is 2.25. The molecule has 5 heteroatoms. The Morgan fingerprint density at radius 3 is 2.93 bits per heavy atom. The molecule has 1 rings (SSSR count). The number of nitrogens with two attached hydrogens (primary N) is 1. The molecule has 0 bridgehead atoms. The molecule has 1 aliphatic rings. The van der Waals surface area contributed by atoms with Crippen molar-refractivity contribution in [2.45, 2.75) is 38.6 Å². The Morgan fingerprint density at radius 2 is 2.33 bits per heavy atom. The van der Waals surface area contributed by atoms with Crippen molar-refractivity contribution >= 4 is 11.9 Å². The van der Waals surface area contributed by atoms with Crippen LogP contribution in [0.1, 0.15) is 32.6 Å². The van der Waals surface area contributed by atoms with E-state index in [-0.39, 0.29) is 17.9 Å². The topological polar surface area (TPSA) is 82.2 Å². The van der Waals surface area contributed by atoms with Gasteiger partial charge in [-0.25, -0.2) is 0 Å². The number of hydrogen-bond acceptors (Lipinski definition) is 2. The maximum Gasteiger partial charge on any atom is 0.222 e. The van der Waals surface area contributed by atoms with E-state index in [9.17, 15) is 4.79 Å². The highest BCUT2D eigenvalue weighted by molar-refractivity contribution is 5.77. The summed E-state index contributed by atoms with van der Waals surface area (Å²) in [6, 6.07) is 0.204. The quantitative estimate of drug-likeness (QED) is 0.463. The zero-order valence-corrected chi connectivity index (χ0v) is 9.25. The Morgan fingerprint density at radius 1 is 1.60 bits per heavy atom. The van der Waals surface area contributed by atoms with Crippen molar-refractivity contribution in [3.8, 4) is 0 Å². The second-order valence-electron chi connectivity index (χ2n) is 3.88. The first-order valence-corrected chi connectivity index (χ1v) is 5.52. The first-order chi connectivity index (χ1) is 7.15. The summed E-state index contributed by atoms with van der Waals surface area (Å²) in [7, 11) is 0. The van der Waals surface area contributed by atoms with E-state index >= 15 is 0 Å².